The van der Waals surface area contributed by atoms with Crippen LogP contribution in [0.25, 0.3) is 0 Å². The molecule has 0 amide bonds. The van der Waals surface area contributed by atoms with Crippen molar-refractivity contribution < 1.29 is 8.42 Å². The van der Waals surface area contributed by atoms with Crippen molar-refractivity contribution >= 4 is 15.7 Å². The highest BCUT2D eigenvalue weighted by Crippen LogP contribution is 2.29. The zero-order valence-electron chi connectivity index (χ0n) is 12.2. The third-order valence-corrected chi connectivity index (χ3v) is 5.91. The second-order valence-corrected chi connectivity index (χ2v) is 7.01. The molecule has 5 nitrogen and oxygen atoms in total. The molecule has 0 saturated carbocycles. The van der Waals surface area contributed by atoms with Gasteiger partial charge in [-0.05, 0) is 25.3 Å². The summed E-state index contributed by atoms with van der Waals surface area (Å²) in [6, 6.07) is 1.80. The Bertz CT molecular complexity index is 545. The Morgan fingerprint density at radius 1 is 1.40 bits per heavy atom. The molecule has 2 heterocycles. The molecule has 112 valence electrons. The van der Waals surface area contributed by atoms with Gasteiger partial charge in [0.1, 0.15) is 4.90 Å². The molecule has 1 fully saturated rings. The maximum Gasteiger partial charge on any atom is 0.246 e. The molecule has 1 N–H and O–H groups in total. The molecule has 0 radical (unpaired) electrons. The van der Waals surface area contributed by atoms with Crippen LogP contribution in [-0.4, -0.2) is 37.3 Å². The summed E-state index contributed by atoms with van der Waals surface area (Å²) in [6.45, 7) is 2.67. The zero-order valence-corrected chi connectivity index (χ0v) is 13.0. The number of pyridine rings is 1. The first-order chi connectivity index (χ1) is 9.61. The minimum absolute atomic E-state index is 0.104. The number of rotatable bonds is 4. The van der Waals surface area contributed by atoms with Crippen molar-refractivity contribution in [3.63, 3.8) is 0 Å². The van der Waals surface area contributed by atoms with Crippen LogP contribution in [0, 0.1) is 0 Å². The van der Waals surface area contributed by atoms with Gasteiger partial charge >= 0.3 is 0 Å². The third kappa shape index (κ3) is 2.96. The second-order valence-electron chi connectivity index (χ2n) is 5.15. The first kappa shape index (κ1) is 15.3. The number of nitrogens with zero attached hydrogens (tertiary/aromatic N) is 2. The molecule has 0 aromatic carbocycles. The van der Waals surface area contributed by atoms with E-state index in [9.17, 15) is 8.42 Å². The van der Waals surface area contributed by atoms with Gasteiger partial charge in [0, 0.05) is 32.0 Å². The van der Waals surface area contributed by atoms with Gasteiger partial charge in [0.2, 0.25) is 10.0 Å². The predicted molar refractivity (Wildman–Crippen MR) is 80.2 cm³/mol. The zero-order chi connectivity index (χ0) is 14.6. The summed E-state index contributed by atoms with van der Waals surface area (Å²) in [5.41, 5.74) is 0.610. The highest BCUT2D eigenvalue weighted by Gasteiger charge is 2.33. The Morgan fingerprint density at radius 2 is 2.20 bits per heavy atom. The summed E-state index contributed by atoms with van der Waals surface area (Å²) < 4.78 is 27.5. The van der Waals surface area contributed by atoms with Crippen molar-refractivity contribution in [2.24, 2.45) is 0 Å². The Balaban J connectivity index is 2.41. The average Bonchev–Trinajstić information content (AvgIpc) is 2.72. The molecule has 1 aliphatic heterocycles. The van der Waals surface area contributed by atoms with E-state index in [2.05, 4.69) is 17.2 Å². The Kier molecular flexibility index (Phi) is 4.99. The fourth-order valence-corrected chi connectivity index (χ4v) is 4.70. The summed E-state index contributed by atoms with van der Waals surface area (Å²) >= 11 is 0. The summed E-state index contributed by atoms with van der Waals surface area (Å²) in [5.74, 6) is 0. The molecule has 0 aliphatic carbocycles. The lowest BCUT2D eigenvalue weighted by Crippen LogP contribution is -2.39. The van der Waals surface area contributed by atoms with Gasteiger partial charge in [0.05, 0.1) is 5.69 Å². The van der Waals surface area contributed by atoms with E-state index in [1.807, 2.05) is 0 Å². The van der Waals surface area contributed by atoms with E-state index >= 15 is 0 Å². The van der Waals surface area contributed by atoms with E-state index < -0.39 is 10.0 Å². The first-order valence-corrected chi connectivity index (χ1v) is 8.69. The van der Waals surface area contributed by atoms with E-state index in [1.165, 1.54) is 6.20 Å². The molecule has 1 saturated heterocycles. The molecule has 0 spiro atoms. The number of aromatic nitrogens is 1. The van der Waals surface area contributed by atoms with E-state index in [1.54, 1.807) is 23.6 Å². The molecule has 1 aromatic heterocycles. The van der Waals surface area contributed by atoms with Gasteiger partial charge in [-0.1, -0.05) is 19.8 Å². The van der Waals surface area contributed by atoms with Crippen molar-refractivity contribution in [1.82, 2.24) is 9.29 Å². The molecule has 1 aromatic rings. The molecular weight excluding hydrogens is 274 g/mol. The average molecular weight is 297 g/mol. The molecule has 1 atom stereocenters. The largest absolute Gasteiger partial charge is 0.387 e. The highest BCUT2D eigenvalue weighted by molar-refractivity contribution is 7.89. The summed E-state index contributed by atoms with van der Waals surface area (Å²) in [7, 11) is -1.75. The number of hydrogen-bond donors (Lipinski definition) is 1. The molecular formula is C14H23N3O2S. The van der Waals surface area contributed by atoms with Crippen molar-refractivity contribution in [3.05, 3.63) is 18.5 Å². The van der Waals surface area contributed by atoms with E-state index in [0.717, 1.165) is 32.1 Å². The van der Waals surface area contributed by atoms with E-state index in [4.69, 9.17) is 0 Å². The van der Waals surface area contributed by atoms with Gasteiger partial charge in [-0.2, -0.15) is 4.31 Å². The van der Waals surface area contributed by atoms with Gasteiger partial charge in [-0.25, -0.2) is 8.42 Å². The van der Waals surface area contributed by atoms with Gasteiger partial charge in [-0.15, -0.1) is 0 Å². The number of hydrogen-bond acceptors (Lipinski definition) is 4. The van der Waals surface area contributed by atoms with Gasteiger partial charge in [0.15, 0.2) is 0 Å². The van der Waals surface area contributed by atoms with Crippen molar-refractivity contribution in [3.8, 4) is 0 Å². The molecule has 0 bridgehead atoms. The lowest BCUT2D eigenvalue weighted by atomic mass is 10.1. The number of nitrogens with one attached hydrogen (secondary N) is 1. The molecule has 1 unspecified atom stereocenters. The van der Waals surface area contributed by atoms with Crippen molar-refractivity contribution in [1.29, 1.82) is 0 Å². The van der Waals surface area contributed by atoms with Crippen LogP contribution in [0.4, 0.5) is 5.69 Å². The second kappa shape index (κ2) is 6.54. The van der Waals surface area contributed by atoms with E-state index in [0.29, 0.717) is 12.2 Å². The van der Waals surface area contributed by atoms with Crippen LogP contribution in [0.15, 0.2) is 23.4 Å². The summed E-state index contributed by atoms with van der Waals surface area (Å²) in [4.78, 5) is 4.26. The highest BCUT2D eigenvalue weighted by atomic mass is 32.2. The lowest BCUT2D eigenvalue weighted by Gasteiger charge is -2.28. The normalized spacial score (nSPS) is 21.4. The Morgan fingerprint density at radius 3 is 2.90 bits per heavy atom. The van der Waals surface area contributed by atoms with Crippen LogP contribution in [0.2, 0.25) is 0 Å². The van der Waals surface area contributed by atoms with Gasteiger partial charge in [0.25, 0.3) is 0 Å². The van der Waals surface area contributed by atoms with Crippen LogP contribution in [0.1, 0.15) is 39.0 Å². The Hall–Kier alpha value is -1.14. The summed E-state index contributed by atoms with van der Waals surface area (Å²) in [6.07, 6.45) is 8.00. The molecule has 20 heavy (non-hydrogen) atoms. The predicted octanol–water partition coefficient (Wildman–Crippen LogP) is 2.47. The van der Waals surface area contributed by atoms with Crippen LogP contribution in [0.5, 0.6) is 0 Å². The van der Waals surface area contributed by atoms with Crippen molar-refractivity contribution in [2.45, 2.75) is 50.0 Å². The smallest absolute Gasteiger partial charge is 0.246 e. The minimum atomic E-state index is -3.48. The monoisotopic (exact) mass is 297 g/mol. The quantitative estimate of drug-likeness (QED) is 0.927. The Labute approximate surface area is 121 Å². The lowest BCUT2D eigenvalue weighted by molar-refractivity contribution is 0.315. The van der Waals surface area contributed by atoms with Crippen LogP contribution in [0.3, 0.4) is 0 Å². The third-order valence-electron chi connectivity index (χ3n) is 3.93. The SMILES string of the molecule is CCC1CCCCCN1S(=O)(=O)c1cnccc1NC. The standard InChI is InChI=1S/C14H23N3O2S/c1-3-12-7-5-4-6-10-17(12)20(18,19)14-11-16-9-8-13(14)15-2/h8-9,11-12H,3-7,10H2,1-2H3,(H,15,16). The maximum absolute atomic E-state index is 12.9. The van der Waals surface area contributed by atoms with Gasteiger partial charge in [-0.3, -0.25) is 4.98 Å². The molecule has 1 aliphatic rings. The van der Waals surface area contributed by atoms with Crippen LogP contribution < -0.4 is 5.32 Å². The van der Waals surface area contributed by atoms with E-state index in [-0.39, 0.29) is 10.9 Å². The summed E-state index contributed by atoms with van der Waals surface area (Å²) in [5, 5.41) is 2.94. The van der Waals surface area contributed by atoms with Crippen LogP contribution >= 0.6 is 0 Å². The first-order valence-electron chi connectivity index (χ1n) is 7.25. The molecule has 6 heteroatoms. The minimum Gasteiger partial charge on any atom is -0.387 e. The maximum atomic E-state index is 12.9. The fraction of sp³-hybridized carbons (Fsp3) is 0.643. The fourth-order valence-electron chi connectivity index (χ4n) is 2.79. The van der Waals surface area contributed by atoms with Crippen molar-refractivity contribution in [2.75, 3.05) is 18.9 Å². The molecule has 2 rings (SSSR count). The van der Waals surface area contributed by atoms with Gasteiger partial charge < -0.3 is 5.32 Å². The number of sulfonamides is 1. The number of anilines is 1. The topological polar surface area (TPSA) is 62.3 Å². The van der Waals surface area contributed by atoms with Crippen LogP contribution in [-0.2, 0) is 10.0 Å².